The van der Waals surface area contributed by atoms with Gasteiger partial charge in [-0.1, -0.05) is 278 Å². The lowest BCUT2D eigenvalue weighted by Crippen LogP contribution is -2.66. The third-order valence-corrected chi connectivity index (χ3v) is 18.4. The second kappa shape index (κ2) is 58.2. The van der Waals surface area contributed by atoms with Gasteiger partial charge in [-0.2, -0.15) is 0 Å². The molecule has 12 N–H and O–H groups in total. The highest BCUT2D eigenvalue weighted by atomic mass is 16.8. The molecule has 17 unspecified atom stereocenters. The van der Waals surface area contributed by atoms with Gasteiger partial charge in [0.1, 0.15) is 73.2 Å². The summed E-state index contributed by atoms with van der Waals surface area (Å²) in [5, 5.41) is 121. The van der Waals surface area contributed by atoms with Crippen molar-refractivity contribution in [2.45, 2.75) is 362 Å². The molecule has 97 heavy (non-hydrogen) atoms. The Morgan fingerprint density at radius 3 is 1.10 bits per heavy atom. The molecule has 3 aliphatic heterocycles. The van der Waals surface area contributed by atoms with Gasteiger partial charge in [-0.05, 0) is 70.6 Å². The second-order valence-corrected chi connectivity index (χ2v) is 26.7. The van der Waals surface area contributed by atoms with E-state index in [1.165, 1.54) is 154 Å². The molecule has 19 heteroatoms. The number of carbonyl (C=O) groups excluding carboxylic acids is 1. The fourth-order valence-corrected chi connectivity index (χ4v) is 12.3. The van der Waals surface area contributed by atoms with E-state index in [1.807, 2.05) is 12.2 Å². The maximum Gasteiger partial charge on any atom is 0.220 e. The van der Waals surface area contributed by atoms with Crippen LogP contribution in [0.5, 0.6) is 0 Å². The highest BCUT2D eigenvalue weighted by molar-refractivity contribution is 5.76. The van der Waals surface area contributed by atoms with Crippen molar-refractivity contribution in [3.63, 3.8) is 0 Å². The van der Waals surface area contributed by atoms with Crippen molar-refractivity contribution < 1.29 is 89.4 Å². The Hall–Kier alpha value is -3.29. The largest absolute Gasteiger partial charge is 0.394 e. The summed E-state index contributed by atoms with van der Waals surface area (Å²) in [6.07, 6.45) is 51.1. The second-order valence-electron chi connectivity index (χ2n) is 26.7. The maximum atomic E-state index is 13.4. The molecule has 0 saturated carbocycles. The Kier molecular flexibility index (Phi) is 52.8. The minimum Gasteiger partial charge on any atom is -0.394 e. The van der Waals surface area contributed by atoms with E-state index in [0.717, 1.165) is 70.6 Å². The quantitative estimate of drug-likeness (QED) is 0.0199. The van der Waals surface area contributed by atoms with Gasteiger partial charge < -0.3 is 89.9 Å². The molecular weight excluding hydrogens is 1240 g/mol. The van der Waals surface area contributed by atoms with Crippen LogP contribution in [0.2, 0.25) is 0 Å². The first-order valence-corrected chi connectivity index (χ1v) is 38.0. The fraction of sp³-hybridized carbons (Fsp3) is 0.782. The SMILES string of the molecule is CC/C=C\C/C=C\C/C=C\C/C=C\C/C=C\C/C=C\C/C=C\CCCC(=O)NC(COC1OC(CO)C(OC2OC(CO)C(OC3OC(CO)C(O)C(O)C3O)C(O)C2O)C(O)C1O)C(O)/C=C/CCCCCCCCCCCCCCCCCCCCCCCCCCCCC. The standard InChI is InChI=1S/C78H135NO18/c1-3-5-7-9-11-13-15-17-19-21-23-25-27-28-29-30-31-32-34-35-37-39-41-43-45-47-49-51-53-55-62(83)61(79-66(84)56-54-52-50-48-46-44-42-40-38-36-33-26-24-22-20-18-16-14-12-10-8-6-4-2)60-92-76-72(90)69(87)74(64(58-81)94-76)97-78-73(91)70(88)75(65(59-82)95-78)96-77-71(89)68(86)67(85)63(57-80)93-77/h6,8,12,14,18,20,24,26,36,38,42,44,48,50,53,55,61-65,67-78,80-83,85-91H,3-5,7,9-11,13,15-17,19,21-23,25,27-35,37,39-41,43,45-47,49,51-52,54,56-60H2,1-2H3,(H,79,84)/b8-6-,14-12-,20-18-,26-24-,38-36-,44-42-,50-48-,55-53+. The number of aliphatic hydroxyl groups is 11. The number of unbranched alkanes of at least 4 members (excludes halogenated alkanes) is 28. The lowest BCUT2D eigenvalue weighted by atomic mass is 9.96. The molecule has 3 saturated heterocycles. The van der Waals surface area contributed by atoms with Gasteiger partial charge in [0, 0.05) is 6.42 Å². The Labute approximate surface area is 583 Å². The molecule has 17 atom stereocenters. The predicted molar refractivity (Wildman–Crippen MR) is 383 cm³/mol. The van der Waals surface area contributed by atoms with Crippen LogP contribution in [0.3, 0.4) is 0 Å². The van der Waals surface area contributed by atoms with Crippen molar-refractivity contribution in [2.75, 3.05) is 26.4 Å². The molecule has 0 radical (unpaired) electrons. The summed E-state index contributed by atoms with van der Waals surface area (Å²) in [5.74, 6) is -0.334. The summed E-state index contributed by atoms with van der Waals surface area (Å²) in [7, 11) is 0. The third-order valence-electron chi connectivity index (χ3n) is 18.4. The highest BCUT2D eigenvalue weighted by Crippen LogP contribution is 2.33. The lowest BCUT2D eigenvalue weighted by molar-refractivity contribution is -0.379. The summed E-state index contributed by atoms with van der Waals surface area (Å²) in [5.41, 5.74) is 0. The van der Waals surface area contributed by atoms with Gasteiger partial charge in [-0.25, -0.2) is 0 Å². The lowest BCUT2D eigenvalue weighted by Gasteiger charge is -2.48. The molecular formula is C78H135NO18. The average Bonchev–Trinajstić information content (AvgIpc) is 0.826. The average molecular weight is 1370 g/mol. The van der Waals surface area contributed by atoms with Crippen molar-refractivity contribution in [3.05, 3.63) is 97.2 Å². The van der Waals surface area contributed by atoms with Crippen LogP contribution in [0, 0.1) is 0 Å². The molecule has 3 aliphatic rings. The normalized spacial score (nSPS) is 27.5. The molecule has 3 heterocycles. The van der Waals surface area contributed by atoms with Crippen molar-refractivity contribution in [3.8, 4) is 0 Å². The van der Waals surface area contributed by atoms with Gasteiger partial charge >= 0.3 is 0 Å². The number of hydrogen-bond acceptors (Lipinski definition) is 18. The Morgan fingerprint density at radius 1 is 0.381 bits per heavy atom. The smallest absolute Gasteiger partial charge is 0.220 e. The van der Waals surface area contributed by atoms with Gasteiger partial charge in [0.15, 0.2) is 18.9 Å². The molecule has 1 amide bonds. The van der Waals surface area contributed by atoms with Crippen LogP contribution in [0.25, 0.3) is 0 Å². The molecule has 0 aromatic heterocycles. The number of hydrogen-bond donors (Lipinski definition) is 12. The number of nitrogens with one attached hydrogen (secondary N) is 1. The molecule has 0 aromatic carbocycles. The van der Waals surface area contributed by atoms with E-state index < -0.39 is 124 Å². The first kappa shape index (κ1) is 87.9. The minimum absolute atomic E-state index is 0.158. The molecule has 19 nitrogen and oxygen atoms in total. The molecule has 0 aliphatic carbocycles. The van der Waals surface area contributed by atoms with E-state index in [4.69, 9.17) is 28.4 Å². The van der Waals surface area contributed by atoms with E-state index in [9.17, 15) is 61.0 Å². The van der Waals surface area contributed by atoms with Crippen molar-refractivity contribution >= 4 is 5.91 Å². The first-order chi connectivity index (χ1) is 47.3. The van der Waals surface area contributed by atoms with E-state index in [0.29, 0.717) is 12.8 Å². The van der Waals surface area contributed by atoms with Crippen LogP contribution in [-0.4, -0.2) is 193 Å². The van der Waals surface area contributed by atoms with Crippen LogP contribution in [0.1, 0.15) is 258 Å². The summed E-state index contributed by atoms with van der Waals surface area (Å²) >= 11 is 0. The van der Waals surface area contributed by atoms with Gasteiger partial charge in [-0.3, -0.25) is 4.79 Å². The van der Waals surface area contributed by atoms with Crippen molar-refractivity contribution in [1.82, 2.24) is 5.32 Å². The number of ether oxygens (including phenoxy) is 6. The van der Waals surface area contributed by atoms with Gasteiger partial charge in [0.05, 0.1) is 38.6 Å². The number of carbonyl (C=O) groups is 1. The maximum absolute atomic E-state index is 13.4. The van der Waals surface area contributed by atoms with E-state index in [1.54, 1.807) is 6.08 Å². The zero-order chi connectivity index (χ0) is 70.4. The van der Waals surface area contributed by atoms with Crippen LogP contribution < -0.4 is 5.32 Å². The Balaban J connectivity index is 1.43. The topological polar surface area (TPSA) is 307 Å². The molecule has 0 spiro atoms. The zero-order valence-electron chi connectivity index (χ0n) is 59.5. The van der Waals surface area contributed by atoms with E-state index in [-0.39, 0.29) is 18.9 Å². The third kappa shape index (κ3) is 39.1. The highest BCUT2D eigenvalue weighted by Gasteiger charge is 2.53. The number of aliphatic hydroxyl groups excluding tert-OH is 11. The van der Waals surface area contributed by atoms with E-state index in [2.05, 4.69) is 98.2 Å². The first-order valence-electron chi connectivity index (χ1n) is 38.0. The summed E-state index contributed by atoms with van der Waals surface area (Å²) in [6, 6.07) is -1.01. The molecule has 3 fully saturated rings. The summed E-state index contributed by atoms with van der Waals surface area (Å²) in [4.78, 5) is 13.4. The van der Waals surface area contributed by atoms with Gasteiger partial charge in [-0.15, -0.1) is 0 Å². The van der Waals surface area contributed by atoms with Crippen LogP contribution in [0.15, 0.2) is 97.2 Å². The van der Waals surface area contributed by atoms with Gasteiger partial charge in [0.25, 0.3) is 0 Å². The summed E-state index contributed by atoms with van der Waals surface area (Å²) in [6.45, 7) is 1.59. The number of rotatable bonds is 58. The number of allylic oxidation sites excluding steroid dienone is 15. The summed E-state index contributed by atoms with van der Waals surface area (Å²) < 4.78 is 34.4. The van der Waals surface area contributed by atoms with Crippen molar-refractivity contribution in [2.24, 2.45) is 0 Å². The fourth-order valence-electron chi connectivity index (χ4n) is 12.3. The Bertz CT molecular complexity index is 2130. The van der Waals surface area contributed by atoms with Crippen LogP contribution in [-0.2, 0) is 33.2 Å². The van der Waals surface area contributed by atoms with Crippen LogP contribution >= 0.6 is 0 Å². The zero-order valence-corrected chi connectivity index (χ0v) is 59.5. The minimum atomic E-state index is -1.99. The Morgan fingerprint density at radius 2 is 0.711 bits per heavy atom. The van der Waals surface area contributed by atoms with Crippen molar-refractivity contribution in [1.29, 1.82) is 0 Å². The molecule has 0 bridgehead atoms. The monoisotopic (exact) mass is 1370 g/mol. The molecule has 3 rings (SSSR count). The number of amides is 1. The molecule has 0 aromatic rings. The van der Waals surface area contributed by atoms with E-state index >= 15 is 0 Å². The van der Waals surface area contributed by atoms with Crippen LogP contribution in [0.4, 0.5) is 0 Å². The van der Waals surface area contributed by atoms with Gasteiger partial charge in [0.2, 0.25) is 5.91 Å². The predicted octanol–water partition coefficient (Wildman–Crippen LogP) is 11.6. The molecule has 560 valence electrons.